The van der Waals surface area contributed by atoms with Gasteiger partial charge in [-0.1, -0.05) is 61.9 Å². The lowest BCUT2D eigenvalue weighted by molar-refractivity contribution is 0.0339. The Morgan fingerprint density at radius 1 is 1.03 bits per heavy atom. The summed E-state index contributed by atoms with van der Waals surface area (Å²) in [4.78, 5) is 26.5. The smallest absolute Gasteiger partial charge is 0.261 e. The molecule has 1 atom stereocenters. The molecule has 2 aliphatic rings. The normalized spacial score (nSPS) is 19.8. The minimum Gasteiger partial charge on any atom is -0.385 e. The Balaban J connectivity index is 1.49. The predicted molar refractivity (Wildman–Crippen MR) is 132 cm³/mol. The van der Waals surface area contributed by atoms with Gasteiger partial charge in [0.05, 0.1) is 16.7 Å². The van der Waals surface area contributed by atoms with Gasteiger partial charge in [-0.2, -0.15) is 0 Å². The molecule has 0 spiro atoms. The summed E-state index contributed by atoms with van der Waals surface area (Å²) in [6.07, 6.45) is 8.19. The maximum atomic E-state index is 12.6. The van der Waals surface area contributed by atoms with Crippen molar-refractivity contribution in [1.29, 1.82) is 0 Å². The Kier molecular flexibility index (Phi) is 6.15. The Labute approximate surface area is 196 Å². The number of allylic oxidation sites excluding steroid dienone is 3. The van der Waals surface area contributed by atoms with Crippen molar-refractivity contribution < 1.29 is 14.7 Å². The van der Waals surface area contributed by atoms with Crippen molar-refractivity contribution >= 4 is 17.9 Å². The van der Waals surface area contributed by atoms with Crippen LogP contribution in [0.4, 0.5) is 0 Å². The standard InChI is InChI=1S/C29H33NO3/c1-20-9-8-16-28(2,3)25(20)15-14-21-10-7-11-22(19-21)29(4,33)17-18-30-26(31)23-12-5-6-13-24(23)27(30)32/h5-7,10-15,19,33H,8-9,16-18H2,1-4H3/b15-14+. The van der Waals surface area contributed by atoms with Crippen molar-refractivity contribution in [3.05, 3.63) is 88.0 Å². The number of fused-ring (bicyclic) bond motifs is 1. The SMILES string of the molecule is CC1=C(/C=C/c2cccc(C(C)(O)CCN3C(=O)c4ccccc4C3=O)c2)C(C)(C)CCC1. The van der Waals surface area contributed by atoms with Gasteiger partial charge in [-0.3, -0.25) is 14.5 Å². The molecule has 0 saturated heterocycles. The van der Waals surface area contributed by atoms with Crippen molar-refractivity contribution in [2.75, 3.05) is 6.54 Å². The van der Waals surface area contributed by atoms with Gasteiger partial charge in [0.1, 0.15) is 0 Å². The van der Waals surface area contributed by atoms with E-state index in [4.69, 9.17) is 0 Å². The maximum Gasteiger partial charge on any atom is 0.261 e. The van der Waals surface area contributed by atoms with Crippen molar-refractivity contribution in [1.82, 2.24) is 4.90 Å². The van der Waals surface area contributed by atoms with Crippen LogP contribution in [0, 0.1) is 5.41 Å². The highest BCUT2D eigenvalue weighted by Gasteiger charge is 2.36. The van der Waals surface area contributed by atoms with Crippen LogP contribution in [0.1, 0.15) is 85.2 Å². The zero-order chi connectivity index (χ0) is 23.8. The highest BCUT2D eigenvalue weighted by Crippen LogP contribution is 2.41. The first-order valence-corrected chi connectivity index (χ1v) is 11.8. The molecule has 1 aliphatic heterocycles. The van der Waals surface area contributed by atoms with Crippen LogP contribution in [-0.2, 0) is 5.60 Å². The molecule has 1 heterocycles. The average molecular weight is 444 g/mol. The number of amides is 2. The van der Waals surface area contributed by atoms with Gasteiger partial charge in [-0.15, -0.1) is 0 Å². The van der Waals surface area contributed by atoms with E-state index in [-0.39, 0.29) is 30.2 Å². The quantitative estimate of drug-likeness (QED) is 0.547. The third kappa shape index (κ3) is 4.58. The van der Waals surface area contributed by atoms with Crippen molar-refractivity contribution in [2.24, 2.45) is 5.41 Å². The van der Waals surface area contributed by atoms with E-state index >= 15 is 0 Å². The lowest BCUT2D eigenvalue weighted by Crippen LogP contribution is -2.35. The average Bonchev–Trinajstić information content (AvgIpc) is 3.02. The number of carbonyl (C=O) groups excluding carboxylic acids is 2. The molecule has 0 bridgehead atoms. The zero-order valence-electron chi connectivity index (χ0n) is 20.0. The second-order valence-electron chi connectivity index (χ2n) is 10.2. The van der Waals surface area contributed by atoms with Crippen molar-refractivity contribution in [3.63, 3.8) is 0 Å². The summed E-state index contributed by atoms with van der Waals surface area (Å²) in [5.74, 6) is -0.580. The molecule has 1 unspecified atom stereocenters. The van der Waals surface area contributed by atoms with E-state index in [2.05, 4.69) is 32.9 Å². The van der Waals surface area contributed by atoms with Crippen LogP contribution in [0.2, 0.25) is 0 Å². The molecule has 33 heavy (non-hydrogen) atoms. The number of hydrogen-bond donors (Lipinski definition) is 1. The Morgan fingerprint density at radius 3 is 2.33 bits per heavy atom. The second-order valence-corrected chi connectivity index (χ2v) is 10.2. The van der Waals surface area contributed by atoms with E-state index < -0.39 is 5.60 Å². The van der Waals surface area contributed by atoms with Gasteiger partial charge in [0.2, 0.25) is 0 Å². The van der Waals surface area contributed by atoms with Gasteiger partial charge in [-0.25, -0.2) is 0 Å². The first-order chi connectivity index (χ1) is 15.6. The minimum atomic E-state index is -1.17. The molecule has 0 fully saturated rings. The molecule has 2 aromatic rings. The van der Waals surface area contributed by atoms with Gasteiger partial charge >= 0.3 is 0 Å². The number of hydrogen-bond acceptors (Lipinski definition) is 3. The van der Waals surface area contributed by atoms with E-state index in [0.717, 1.165) is 17.5 Å². The number of carbonyl (C=O) groups is 2. The molecule has 0 aromatic heterocycles. The lowest BCUT2D eigenvalue weighted by Gasteiger charge is -2.33. The van der Waals surface area contributed by atoms with Gasteiger partial charge in [-0.05, 0) is 79.8 Å². The first kappa shape index (κ1) is 23.2. The maximum absolute atomic E-state index is 12.6. The molecule has 1 N–H and O–H groups in total. The molecular weight excluding hydrogens is 410 g/mol. The highest BCUT2D eigenvalue weighted by molar-refractivity contribution is 6.21. The molecule has 4 rings (SSSR count). The number of nitrogens with zero attached hydrogens (tertiary/aromatic N) is 1. The monoisotopic (exact) mass is 443 g/mol. The Morgan fingerprint density at radius 2 is 1.70 bits per heavy atom. The number of aliphatic hydroxyl groups is 1. The molecule has 0 radical (unpaired) electrons. The fraction of sp³-hybridized carbons (Fsp3) is 0.379. The molecule has 172 valence electrons. The highest BCUT2D eigenvalue weighted by atomic mass is 16.3. The van der Waals surface area contributed by atoms with Gasteiger partial charge in [0.25, 0.3) is 11.8 Å². The summed E-state index contributed by atoms with van der Waals surface area (Å²) in [6, 6.07) is 14.7. The molecular formula is C29H33NO3. The molecule has 2 aromatic carbocycles. The summed E-state index contributed by atoms with van der Waals surface area (Å²) in [7, 11) is 0. The van der Waals surface area contributed by atoms with E-state index in [1.165, 1.54) is 28.9 Å². The first-order valence-electron chi connectivity index (χ1n) is 11.8. The van der Waals surface area contributed by atoms with Gasteiger partial charge < -0.3 is 5.11 Å². The van der Waals surface area contributed by atoms with Crippen LogP contribution in [-0.4, -0.2) is 28.4 Å². The van der Waals surface area contributed by atoms with Gasteiger partial charge in [0.15, 0.2) is 0 Å². The van der Waals surface area contributed by atoms with Gasteiger partial charge in [0, 0.05) is 6.54 Å². The van der Waals surface area contributed by atoms with Crippen LogP contribution >= 0.6 is 0 Å². The van der Waals surface area contributed by atoms with E-state index in [0.29, 0.717) is 11.1 Å². The van der Waals surface area contributed by atoms with E-state index in [1.807, 2.05) is 24.3 Å². The summed E-state index contributed by atoms with van der Waals surface area (Å²) >= 11 is 0. The number of rotatable bonds is 6. The molecule has 0 saturated carbocycles. The van der Waals surface area contributed by atoms with Crippen LogP contribution < -0.4 is 0 Å². The largest absolute Gasteiger partial charge is 0.385 e. The van der Waals surface area contributed by atoms with E-state index in [9.17, 15) is 14.7 Å². The molecule has 4 heteroatoms. The van der Waals surface area contributed by atoms with Crippen molar-refractivity contribution in [2.45, 2.75) is 59.0 Å². The summed E-state index contributed by atoms with van der Waals surface area (Å²) in [5, 5.41) is 11.2. The Bertz CT molecular complexity index is 1120. The van der Waals surface area contributed by atoms with Crippen molar-refractivity contribution in [3.8, 4) is 0 Å². The van der Waals surface area contributed by atoms with Crippen LogP contribution in [0.5, 0.6) is 0 Å². The lowest BCUT2D eigenvalue weighted by atomic mass is 9.72. The van der Waals surface area contributed by atoms with Crippen LogP contribution in [0.15, 0.2) is 65.8 Å². The third-order valence-corrected chi connectivity index (χ3v) is 7.19. The Hall–Kier alpha value is -2.98. The van der Waals surface area contributed by atoms with Crippen LogP contribution in [0.25, 0.3) is 6.08 Å². The zero-order valence-corrected chi connectivity index (χ0v) is 20.0. The number of benzene rings is 2. The molecule has 1 aliphatic carbocycles. The predicted octanol–water partition coefficient (Wildman–Crippen LogP) is 6.12. The molecule has 4 nitrogen and oxygen atoms in total. The fourth-order valence-corrected chi connectivity index (χ4v) is 5.08. The minimum absolute atomic E-state index is 0.166. The topological polar surface area (TPSA) is 57.6 Å². The molecule has 2 amide bonds. The van der Waals surface area contributed by atoms with E-state index in [1.54, 1.807) is 31.2 Å². The second kappa shape index (κ2) is 8.75. The third-order valence-electron chi connectivity index (χ3n) is 7.19. The number of imide groups is 1. The summed E-state index contributed by atoms with van der Waals surface area (Å²) < 4.78 is 0. The fourth-order valence-electron chi connectivity index (χ4n) is 5.08. The summed E-state index contributed by atoms with van der Waals surface area (Å²) in [6.45, 7) is 8.73. The summed E-state index contributed by atoms with van der Waals surface area (Å²) in [5.41, 5.74) is 4.52. The van der Waals surface area contributed by atoms with Crippen LogP contribution in [0.3, 0.4) is 0 Å².